The maximum Gasteiger partial charge on any atom is 0.273 e. The summed E-state index contributed by atoms with van der Waals surface area (Å²) in [6.45, 7) is -0.261. The van der Waals surface area contributed by atoms with Gasteiger partial charge in [-0.3, -0.25) is 4.79 Å². The fraction of sp³-hybridized carbons (Fsp3) is 0.727. The van der Waals surface area contributed by atoms with Gasteiger partial charge in [-0.2, -0.15) is 15.4 Å². The summed E-state index contributed by atoms with van der Waals surface area (Å²) in [6.07, 6.45) is -4.22. The van der Waals surface area contributed by atoms with Crippen LogP contribution in [0.2, 0.25) is 0 Å². The van der Waals surface area contributed by atoms with Gasteiger partial charge in [-0.05, 0) is 6.42 Å². The molecule has 2 heterocycles. The van der Waals surface area contributed by atoms with E-state index in [2.05, 4.69) is 20.7 Å². The second-order valence-electron chi connectivity index (χ2n) is 4.65. The predicted octanol–water partition coefficient (Wildman–Crippen LogP) is -2.93. The molecule has 4 atom stereocenters. The molecule has 21 heavy (non-hydrogen) atoms. The summed E-state index contributed by atoms with van der Waals surface area (Å²) in [4.78, 5) is 11.9. The van der Waals surface area contributed by atoms with Crippen LogP contribution in [0.3, 0.4) is 0 Å². The Hall–Kier alpha value is -1.59. The van der Waals surface area contributed by atoms with E-state index in [1.54, 1.807) is 0 Å². The molecule has 2 rings (SSSR count). The van der Waals surface area contributed by atoms with E-state index in [0.29, 0.717) is 6.42 Å². The average Bonchev–Trinajstić information content (AvgIpc) is 3.06. The van der Waals surface area contributed by atoms with Crippen molar-refractivity contribution in [1.82, 2.24) is 20.7 Å². The first-order valence-electron chi connectivity index (χ1n) is 6.52. The van der Waals surface area contributed by atoms with Crippen LogP contribution in [0.1, 0.15) is 28.7 Å². The Morgan fingerprint density at radius 1 is 1.29 bits per heavy atom. The topological polar surface area (TPSA) is 161 Å². The summed E-state index contributed by atoms with van der Waals surface area (Å²) in [6, 6.07) is 0. The highest BCUT2D eigenvalue weighted by Gasteiger charge is 2.45. The highest BCUT2D eigenvalue weighted by Crippen LogP contribution is 2.33. The number of aliphatic hydroxyl groups excluding tert-OH is 4. The van der Waals surface area contributed by atoms with Crippen molar-refractivity contribution in [3.63, 3.8) is 0 Å². The SMILES string of the molecule is O=C(NCCCO)c1n[nH]nc1[C@@H]1O[C@H](CO)[C@@H](O)[C@H]1O. The van der Waals surface area contributed by atoms with Crippen molar-refractivity contribution in [3.8, 4) is 0 Å². The van der Waals surface area contributed by atoms with E-state index in [4.69, 9.17) is 14.9 Å². The monoisotopic (exact) mass is 302 g/mol. The van der Waals surface area contributed by atoms with Crippen LogP contribution in [0, 0.1) is 0 Å². The largest absolute Gasteiger partial charge is 0.396 e. The van der Waals surface area contributed by atoms with Crippen molar-refractivity contribution in [2.75, 3.05) is 19.8 Å². The molecule has 10 heteroatoms. The number of amides is 1. The van der Waals surface area contributed by atoms with E-state index in [0.717, 1.165) is 0 Å². The van der Waals surface area contributed by atoms with Crippen molar-refractivity contribution >= 4 is 5.91 Å². The molecule has 1 fully saturated rings. The van der Waals surface area contributed by atoms with Crippen LogP contribution in [-0.4, -0.2) is 79.8 Å². The molecule has 0 saturated carbocycles. The van der Waals surface area contributed by atoms with Crippen LogP contribution in [0.5, 0.6) is 0 Å². The Balaban J connectivity index is 2.11. The quantitative estimate of drug-likeness (QED) is 0.304. The molecule has 0 radical (unpaired) electrons. The molecule has 0 aliphatic carbocycles. The molecular formula is C11H18N4O6. The molecule has 1 aromatic rings. The van der Waals surface area contributed by atoms with Crippen molar-refractivity contribution < 1.29 is 30.0 Å². The van der Waals surface area contributed by atoms with Gasteiger partial charge in [-0.15, -0.1) is 0 Å². The van der Waals surface area contributed by atoms with E-state index in [1.807, 2.05) is 0 Å². The number of aromatic nitrogens is 3. The zero-order chi connectivity index (χ0) is 15.4. The van der Waals surface area contributed by atoms with E-state index in [-0.39, 0.29) is 24.5 Å². The first kappa shape index (κ1) is 15.8. The van der Waals surface area contributed by atoms with E-state index >= 15 is 0 Å². The molecule has 1 aliphatic heterocycles. The molecule has 0 aromatic carbocycles. The van der Waals surface area contributed by atoms with Gasteiger partial charge in [0.2, 0.25) is 0 Å². The van der Waals surface area contributed by atoms with Gasteiger partial charge in [0.1, 0.15) is 30.1 Å². The molecule has 0 spiro atoms. The molecule has 0 bridgehead atoms. The highest BCUT2D eigenvalue weighted by molar-refractivity contribution is 5.93. The molecule has 1 aromatic heterocycles. The first-order chi connectivity index (χ1) is 10.1. The standard InChI is InChI=1S/C11H18N4O6/c16-3-1-2-12-11(20)7-6(13-15-14-7)10-9(19)8(18)5(4-17)21-10/h5,8-10,16-19H,1-4H2,(H,12,20)(H,13,14,15)/t5-,8-,9-,10+/m1/s1. The smallest absolute Gasteiger partial charge is 0.273 e. The minimum Gasteiger partial charge on any atom is -0.396 e. The molecule has 1 aliphatic rings. The third kappa shape index (κ3) is 3.19. The predicted molar refractivity (Wildman–Crippen MR) is 67.1 cm³/mol. The Bertz CT molecular complexity index is 481. The van der Waals surface area contributed by atoms with E-state index < -0.39 is 36.9 Å². The number of nitrogens with one attached hydrogen (secondary N) is 2. The number of rotatable bonds is 6. The lowest BCUT2D eigenvalue weighted by Gasteiger charge is -2.13. The maximum atomic E-state index is 11.9. The normalized spacial score (nSPS) is 28.8. The fourth-order valence-electron chi connectivity index (χ4n) is 2.09. The van der Waals surface area contributed by atoms with Crippen LogP contribution < -0.4 is 5.32 Å². The first-order valence-corrected chi connectivity index (χ1v) is 6.52. The van der Waals surface area contributed by atoms with Gasteiger partial charge in [-0.25, -0.2) is 0 Å². The van der Waals surface area contributed by atoms with Crippen LogP contribution in [-0.2, 0) is 4.74 Å². The molecule has 0 unspecified atom stereocenters. The lowest BCUT2D eigenvalue weighted by molar-refractivity contribution is -0.0241. The second kappa shape index (κ2) is 6.91. The number of aliphatic hydroxyl groups is 4. The summed E-state index contributed by atoms with van der Waals surface area (Å²) >= 11 is 0. The zero-order valence-electron chi connectivity index (χ0n) is 11.1. The van der Waals surface area contributed by atoms with Gasteiger partial charge in [0, 0.05) is 13.2 Å². The molecule has 10 nitrogen and oxygen atoms in total. The van der Waals surface area contributed by atoms with Gasteiger partial charge in [0.05, 0.1) is 6.61 Å². The number of H-pyrrole nitrogens is 1. The molecule has 118 valence electrons. The molecule has 6 N–H and O–H groups in total. The van der Waals surface area contributed by atoms with Crippen LogP contribution in [0.4, 0.5) is 0 Å². The molecule has 1 saturated heterocycles. The van der Waals surface area contributed by atoms with Crippen molar-refractivity contribution in [1.29, 1.82) is 0 Å². The number of carbonyl (C=O) groups is 1. The van der Waals surface area contributed by atoms with Gasteiger partial charge in [-0.1, -0.05) is 0 Å². The summed E-state index contributed by atoms with van der Waals surface area (Å²) in [7, 11) is 0. The number of aromatic amines is 1. The van der Waals surface area contributed by atoms with Crippen LogP contribution in [0.15, 0.2) is 0 Å². The highest BCUT2D eigenvalue weighted by atomic mass is 16.6. The van der Waals surface area contributed by atoms with Crippen molar-refractivity contribution in [3.05, 3.63) is 11.4 Å². The number of nitrogens with zero attached hydrogens (tertiary/aromatic N) is 2. The number of ether oxygens (including phenoxy) is 1. The third-order valence-electron chi connectivity index (χ3n) is 3.22. The minimum absolute atomic E-state index is 0.0546. The van der Waals surface area contributed by atoms with Crippen molar-refractivity contribution in [2.24, 2.45) is 0 Å². The lowest BCUT2D eigenvalue weighted by atomic mass is 10.0. The van der Waals surface area contributed by atoms with Gasteiger partial charge < -0.3 is 30.5 Å². The second-order valence-corrected chi connectivity index (χ2v) is 4.65. The van der Waals surface area contributed by atoms with Crippen LogP contribution in [0.25, 0.3) is 0 Å². The summed E-state index contributed by atoms with van der Waals surface area (Å²) in [5.41, 5.74) is -0.0122. The summed E-state index contributed by atoms with van der Waals surface area (Å²) < 4.78 is 5.30. The lowest BCUT2D eigenvalue weighted by Crippen LogP contribution is -2.33. The number of hydrogen-bond acceptors (Lipinski definition) is 8. The van der Waals surface area contributed by atoms with Crippen LogP contribution >= 0.6 is 0 Å². The Morgan fingerprint density at radius 2 is 2.05 bits per heavy atom. The molecular weight excluding hydrogens is 284 g/mol. The Labute approximate surface area is 119 Å². The van der Waals surface area contributed by atoms with E-state index in [9.17, 15) is 15.0 Å². The Kier molecular flexibility index (Phi) is 5.20. The molecule has 1 amide bonds. The third-order valence-corrected chi connectivity index (χ3v) is 3.22. The Morgan fingerprint density at radius 3 is 2.67 bits per heavy atom. The summed E-state index contributed by atoms with van der Waals surface area (Å²) in [5.74, 6) is -0.537. The van der Waals surface area contributed by atoms with Crippen molar-refractivity contribution in [2.45, 2.75) is 30.8 Å². The van der Waals surface area contributed by atoms with E-state index in [1.165, 1.54) is 0 Å². The zero-order valence-corrected chi connectivity index (χ0v) is 11.1. The van der Waals surface area contributed by atoms with Gasteiger partial charge >= 0.3 is 0 Å². The average molecular weight is 302 g/mol. The number of hydrogen-bond donors (Lipinski definition) is 6. The maximum absolute atomic E-state index is 11.9. The summed E-state index contributed by atoms with van der Waals surface area (Å²) in [5, 5.41) is 49.6. The van der Waals surface area contributed by atoms with Gasteiger partial charge in [0.15, 0.2) is 5.69 Å². The number of carbonyl (C=O) groups excluding carboxylic acids is 1. The fourth-order valence-corrected chi connectivity index (χ4v) is 2.09. The van der Waals surface area contributed by atoms with Gasteiger partial charge in [0.25, 0.3) is 5.91 Å². The minimum atomic E-state index is -1.32.